The van der Waals surface area contributed by atoms with Gasteiger partial charge in [-0.1, -0.05) is 31.2 Å². The van der Waals surface area contributed by atoms with Crippen molar-refractivity contribution in [3.63, 3.8) is 0 Å². The quantitative estimate of drug-likeness (QED) is 0.893. The Kier molecular flexibility index (Phi) is 4.71. The van der Waals surface area contributed by atoms with Crippen molar-refractivity contribution < 1.29 is 4.74 Å². The summed E-state index contributed by atoms with van der Waals surface area (Å²) in [6, 6.07) is 9.50. The predicted octanol–water partition coefficient (Wildman–Crippen LogP) is 2.55. The number of nitrogens with zero attached hydrogens (tertiary/aromatic N) is 1. The molecule has 3 nitrogen and oxygen atoms in total. The molecular formula is C17H26N2O. The number of nitrogens with one attached hydrogen (secondary N) is 1. The van der Waals surface area contributed by atoms with E-state index in [4.69, 9.17) is 4.74 Å². The Morgan fingerprint density at radius 2 is 2.10 bits per heavy atom. The molecule has 2 unspecified atom stereocenters. The average Bonchev–Trinajstić information content (AvgIpc) is 2.96. The van der Waals surface area contributed by atoms with E-state index >= 15 is 0 Å². The predicted molar refractivity (Wildman–Crippen MR) is 81.6 cm³/mol. The van der Waals surface area contributed by atoms with E-state index in [1.165, 1.54) is 30.4 Å². The van der Waals surface area contributed by atoms with Gasteiger partial charge in [-0.3, -0.25) is 4.90 Å². The molecule has 1 N–H and O–H groups in total. The second kappa shape index (κ2) is 6.70. The summed E-state index contributed by atoms with van der Waals surface area (Å²) in [6.07, 6.45) is 4.37. The molecule has 1 aromatic carbocycles. The molecule has 1 saturated heterocycles. The van der Waals surface area contributed by atoms with Crippen molar-refractivity contribution in [2.75, 3.05) is 19.7 Å². The van der Waals surface area contributed by atoms with Crippen molar-refractivity contribution in [3.05, 3.63) is 35.4 Å². The summed E-state index contributed by atoms with van der Waals surface area (Å²) in [5.41, 5.74) is 2.91. The van der Waals surface area contributed by atoms with Gasteiger partial charge in [-0.2, -0.15) is 0 Å². The highest BCUT2D eigenvalue weighted by Gasteiger charge is 2.35. The number of hydrogen-bond donors (Lipinski definition) is 1. The molecule has 1 heterocycles. The molecule has 2 atom stereocenters. The second-order valence-corrected chi connectivity index (χ2v) is 5.93. The van der Waals surface area contributed by atoms with Crippen molar-refractivity contribution in [1.82, 2.24) is 10.2 Å². The van der Waals surface area contributed by atoms with Gasteiger partial charge < -0.3 is 10.1 Å². The zero-order valence-electron chi connectivity index (χ0n) is 12.5. The van der Waals surface area contributed by atoms with Crippen LogP contribution in [0, 0.1) is 0 Å². The maximum atomic E-state index is 5.91. The monoisotopic (exact) mass is 274 g/mol. The van der Waals surface area contributed by atoms with Crippen LogP contribution in [0.25, 0.3) is 0 Å². The highest BCUT2D eigenvalue weighted by molar-refractivity contribution is 5.27. The van der Waals surface area contributed by atoms with Crippen molar-refractivity contribution in [3.8, 4) is 0 Å². The first kappa shape index (κ1) is 14.1. The van der Waals surface area contributed by atoms with Crippen molar-refractivity contribution >= 4 is 0 Å². The van der Waals surface area contributed by atoms with Gasteiger partial charge in [-0.05, 0) is 36.9 Å². The third-order valence-electron chi connectivity index (χ3n) is 4.65. The fraction of sp³-hybridized carbons (Fsp3) is 0.647. The van der Waals surface area contributed by atoms with E-state index in [2.05, 4.69) is 41.4 Å². The summed E-state index contributed by atoms with van der Waals surface area (Å²) < 4.78 is 5.91. The molecule has 0 amide bonds. The maximum Gasteiger partial charge on any atom is 0.0731 e. The molecule has 2 fully saturated rings. The molecule has 0 aromatic heterocycles. The fourth-order valence-electron chi connectivity index (χ4n) is 3.56. The standard InChI is InChI=1S/C17H26N2O/c1-2-18-12-14-6-3-4-7-15(14)13-19-10-11-20-17-9-5-8-16(17)19/h3-4,6-7,16-18H,2,5,8-13H2,1H3. The molecule has 1 aliphatic heterocycles. The lowest BCUT2D eigenvalue weighted by atomic mass is 10.0. The number of benzene rings is 1. The molecule has 3 rings (SSSR count). The lowest BCUT2D eigenvalue weighted by Crippen LogP contribution is -2.48. The maximum absolute atomic E-state index is 5.91. The average molecular weight is 274 g/mol. The smallest absolute Gasteiger partial charge is 0.0731 e. The third kappa shape index (κ3) is 3.05. The van der Waals surface area contributed by atoms with Crippen LogP contribution in [0.1, 0.15) is 37.3 Å². The van der Waals surface area contributed by atoms with Crippen LogP contribution < -0.4 is 5.32 Å². The number of ether oxygens (including phenoxy) is 1. The van der Waals surface area contributed by atoms with Gasteiger partial charge in [-0.25, -0.2) is 0 Å². The first-order valence-corrected chi connectivity index (χ1v) is 8.01. The van der Waals surface area contributed by atoms with Crippen LogP contribution in [0.15, 0.2) is 24.3 Å². The van der Waals surface area contributed by atoms with Gasteiger partial charge in [0.2, 0.25) is 0 Å². The van der Waals surface area contributed by atoms with Gasteiger partial charge in [0.05, 0.1) is 12.7 Å². The largest absolute Gasteiger partial charge is 0.375 e. The van der Waals surface area contributed by atoms with E-state index < -0.39 is 0 Å². The molecule has 0 bridgehead atoms. The number of fused-ring (bicyclic) bond motifs is 1. The van der Waals surface area contributed by atoms with Crippen LogP contribution in [0.3, 0.4) is 0 Å². The lowest BCUT2D eigenvalue weighted by Gasteiger charge is -2.38. The Bertz CT molecular complexity index is 435. The van der Waals surface area contributed by atoms with Crippen LogP contribution in [-0.4, -0.2) is 36.7 Å². The van der Waals surface area contributed by atoms with E-state index in [1.807, 2.05) is 0 Å². The van der Waals surface area contributed by atoms with E-state index in [9.17, 15) is 0 Å². The zero-order chi connectivity index (χ0) is 13.8. The van der Waals surface area contributed by atoms with E-state index in [1.54, 1.807) is 0 Å². The fourth-order valence-corrected chi connectivity index (χ4v) is 3.56. The Morgan fingerprint density at radius 3 is 2.95 bits per heavy atom. The zero-order valence-corrected chi connectivity index (χ0v) is 12.5. The summed E-state index contributed by atoms with van der Waals surface area (Å²) in [6.45, 7) is 7.22. The summed E-state index contributed by atoms with van der Waals surface area (Å²) in [5.74, 6) is 0. The van der Waals surface area contributed by atoms with Crippen molar-refractivity contribution in [2.24, 2.45) is 0 Å². The van der Waals surface area contributed by atoms with Crippen LogP contribution in [0.5, 0.6) is 0 Å². The third-order valence-corrected chi connectivity index (χ3v) is 4.65. The Balaban J connectivity index is 1.70. The van der Waals surface area contributed by atoms with Gasteiger partial charge in [-0.15, -0.1) is 0 Å². The molecule has 3 heteroatoms. The molecule has 2 aliphatic rings. The van der Waals surface area contributed by atoms with Crippen molar-refractivity contribution in [2.45, 2.75) is 51.4 Å². The Labute approximate surface area is 122 Å². The minimum Gasteiger partial charge on any atom is -0.375 e. The van der Waals surface area contributed by atoms with Gasteiger partial charge in [0.15, 0.2) is 0 Å². The summed E-state index contributed by atoms with van der Waals surface area (Å²) in [4.78, 5) is 2.64. The van der Waals surface area contributed by atoms with Crippen LogP contribution in [0.4, 0.5) is 0 Å². The van der Waals surface area contributed by atoms with Crippen molar-refractivity contribution in [1.29, 1.82) is 0 Å². The number of hydrogen-bond acceptors (Lipinski definition) is 3. The summed E-state index contributed by atoms with van der Waals surface area (Å²) in [7, 11) is 0. The van der Waals surface area contributed by atoms with Crippen LogP contribution >= 0.6 is 0 Å². The molecule has 0 radical (unpaired) electrons. The summed E-state index contributed by atoms with van der Waals surface area (Å²) >= 11 is 0. The van der Waals surface area contributed by atoms with Crippen LogP contribution in [-0.2, 0) is 17.8 Å². The molecule has 1 aromatic rings. The Morgan fingerprint density at radius 1 is 1.25 bits per heavy atom. The molecule has 20 heavy (non-hydrogen) atoms. The van der Waals surface area contributed by atoms with Gasteiger partial charge in [0.25, 0.3) is 0 Å². The highest BCUT2D eigenvalue weighted by Crippen LogP contribution is 2.30. The van der Waals surface area contributed by atoms with Gasteiger partial charge in [0, 0.05) is 25.7 Å². The first-order chi connectivity index (χ1) is 9.88. The topological polar surface area (TPSA) is 24.5 Å². The normalized spacial score (nSPS) is 26.6. The SMILES string of the molecule is CCNCc1ccccc1CN1CCOC2CCCC21. The second-order valence-electron chi connectivity index (χ2n) is 5.93. The number of rotatable bonds is 5. The van der Waals surface area contributed by atoms with Gasteiger partial charge in [0.1, 0.15) is 0 Å². The van der Waals surface area contributed by atoms with E-state index in [0.29, 0.717) is 12.1 Å². The number of morpholine rings is 1. The van der Waals surface area contributed by atoms with Crippen LogP contribution in [0.2, 0.25) is 0 Å². The molecule has 1 saturated carbocycles. The molecule has 1 aliphatic carbocycles. The first-order valence-electron chi connectivity index (χ1n) is 8.01. The molecule has 110 valence electrons. The highest BCUT2D eigenvalue weighted by atomic mass is 16.5. The molecular weight excluding hydrogens is 248 g/mol. The lowest BCUT2D eigenvalue weighted by molar-refractivity contribution is -0.0589. The van der Waals surface area contributed by atoms with E-state index in [0.717, 1.165) is 32.8 Å². The van der Waals surface area contributed by atoms with E-state index in [-0.39, 0.29) is 0 Å². The Hall–Kier alpha value is -0.900. The minimum atomic E-state index is 0.490. The molecule has 0 spiro atoms. The van der Waals surface area contributed by atoms with Gasteiger partial charge >= 0.3 is 0 Å². The summed E-state index contributed by atoms with van der Waals surface area (Å²) in [5, 5.41) is 3.45. The minimum absolute atomic E-state index is 0.490.